The van der Waals surface area contributed by atoms with Crippen molar-refractivity contribution in [3.8, 4) is 0 Å². The average molecular weight is 319 g/mol. The molecule has 0 saturated carbocycles. The number of ether oxygens (including phenoxy) is 1. The molecule has 1 saturated heterocycles. The van der Waals surface area contributed by atoms with Crippen molar-refractivity contribution in [3.05, 3.63) is 35.4 Å². The summed E-state index contributed by atoms with van der Waals surface area (Å²) in [6, 6.07) is 7.06. The number of likely N-dealkylation sites (tertiary alicyclic amines) is 1. The van der Waals surface area contributed by atoms with Gasteiger partial charge in [0.1, 0.15) is 5.60 Å². The zero-order chi connectivity index (χ0) is 17.0. The molecule has 0 bridgehead atoms. The van der Waals surface area contributed by atoms with E-state index in [1.807, 2.05) is 32.9 Å². The van der Waals surface area contributed by atoms with Gasteiger partial charge in [0.15, 0.2) is 0 Å². The first kappa shape index (κ1) is 17.3. The molecule has 0 spiro atoms. The lowest BCUT2D eigenvalue weighted by Gasteiger charge is -2.28. The van der Waals surface area contributed by atoms with Crippen LogP contribution in [0.15, 0.2) is 24.3 Å². The molecular formula is C18H25NO4. The molecule has 1 aliphatic rings. The lowest BCUT2D eigenvalue weighted by Crippen LogP contribution is -2.38. The summed E-state index contributed by atoms with van der Waals surface area (Å²) >= 11 is 0. The van der Waals surface area contributed by atoms with Gasteiger partial charge < -0.3 is 14.7 Å². The molecule has 5 nitrogen and oxygen atoms in total. The van der Waals surface area contributed by atoms with E-state index in [1.54, 1.807) is 17.0 Å². The number of nitrogens with zero attached hydrogens (tertiary/aromatic N) is 1. The number of hydrogen-bond acceptors (Lipinski definition) is 3. The van der Waals surface area contributed by atoms with Crippen LogP contribution in [0, 0.1) is 0 Å². The standard InChI is InChI=1S/C18H25NO4/c1-18(2,3)23-17(22)19-11-7-6-8-13(12-19)14-9-4-5-10-15(14)16(20)21/h4-5,9-10,13H,6-8,11-12H2,1-3H3,(H,20,21)/t13-/m1/s1. The van der Waals surface area contributed by atoms with E-state index in [9.17, 15) is 14.7 Å². The van der Waals surface area contributed by atoms with Crippen LogP contribution < -0.4 is 0 Å². The number of hydrogen-bond donors (Lipinski definition) is 1. The van der Waals surface area contributed by atoms with Crippen LogP contribution in [-0.4, -0.2) is 40.8 Å². The van der Waals surface area contributed by atoms with Gasteiger partial charge in [-0.15, -0.1) is 0 Å². The molecule has 1 amide bonds. The highest BCUT2D eigenvalue weighted by atomic mass is 16.6. The topological polar surface area (TPSA) is 66.8 Å². The normalized spacial score (nSPS) is 19.1. The molecule has 0 aliphatic carbocycles. The first-order chi connectivity index (χ1) is 10.8. The average Bonchev–Trinajstić information content (AvgIpc) is 2.71. The fraction of sp³-hybridized carbons (Fsp3) is 0.556. The first-order valence-corrected chi connectivity index (χ1v) is 8.08. The second-order valence-electron chi connectivity index (χ2n) is 7.01. The zero-order valence-electron chi connectivity index (χ0n) is 14.0. The van der Waals surface area contributed by atoms with Crippen molar-refractivity contribution in [2.24, 2.45) is 0 Å². The van der Waals surface area contributed by atoms with Crippen LogP contribution in [0.3, 0.4) is 0 Å². The first-order valence-electron chi connectivity index (χ1n) is 8.08. The quantitative estimate of drug-likeness (QED) is 0.898. The van der Waals surface area contributed by atoms with E-state index in [1.165, 1.54) is 0 Å². The lowest BCUT2D eigenvalue weighted by atomic mass is 9.90. The van der Waals surface area contributed by atoms with E-state index in [0.29, 0.717) is 18.7 Å². The van der Waals surface area contributed by atoms with E-state index in [4.69, 9.17) is 4.74 Å². The van der Waals surface area contributed by atoms with Gasteiger partial charge in [0, 0.05) is 19.0 Å². The molecule has 1 aliphatic heterocycles. The molecule has 1 heterocycles. The molecular weight excluding hydrogens is 294 g/mol. The summed E-state index contributed by atoms with van der Waals surface area (Å²) in [6.45, 7) is 6.69. The molecule has 5 heteroatoms. The Hall–Kier alpha value is -2.04. The number of carboxylic acid groups (broad SMARTS) is 1. The third-order valence-electron chi connectivity index (χ3n) is 3.95. The van der Waals surface area contributed by atoms with Gasteiger partial charge in [-0.05, 0) is 45.2 Å². The highest BCUT2D eigenvalue weighted by molar-refractivity contribution is 5.89. The van der Waals surface area contributed by atoms with Gasteiger partial charge in [0.05, 0.1) is 5.56 Å². The van der Waals surface area contributed by atoms with Crippen LogP contribution in [-0.2, 0) is 4.74 Å². The predicted molar refractivity (Wildman–Crippen MR) is 87.8 cm³/mol. The molecule has 1 atom stereocenters. The summed E-state index contributed by atoms with van der Waals surface area (Å²) in [5.74, 6) is -0.897. The largest absolute Gasteiger partial charge is 0.478 e. The fourth-order valence-corrected chi connectivity index (χ4v) is 2.94. The van der Waals surface area contributed by atoms with Crippen molar-refractivity contribution in [2.75, 3.05) is 13.1 Å². The number of carbonyl (C=O) groups is 2. The molecule has 1 N–H and O–H groups in total. The Morgan fingerprint density at radius 2 is 1.91 bits per heavy atom. The van der Waals surface area contributed by atoms with Crippen LogP contribution >= 0.6 is 0 Å². The smallest absolute Gasteiger partial charge is 0.410 e. The van der Waals surface area contributed by atoms with Crippen LogP contribution in [0.4, 0.5) is 4.79 Å². The van der Waals surface area contributed by atoms with Crippen molar-refractivity contribution in [3.63, 3.8) is 0 Å². The van der Waals surface area contributed by atoms with Crippen LogP contribution in [0.2, 0.25) is 0 Å². The fourth-order valence-electron chi connectivity index (χ4n) is 2.94. The number of benzene rings is 1. The van der Waals surface area contributed by atoms with Gasteiger partial charge in [-0.3, -0.25) is 0 Å². The van der Waals surface area contributed by atoms with Gasteiger partial charge in [-0.25, -0.2) is 9.59 Å². The van der Waals surface area contributed by atoms with Crippen LogP contribution in [0.5, 0.6) is 0 Å². The Bertz CT molecular complexity index is 577. The molecule has 23 heavy (non-hydrogen) atoms. The Morgan fingerprint density at radius 1 is 1.22 bits per heavy atom. The summed E-state index contributed by atoms with van der Waals surface area (Å²) in [5, 5.41) is 9.39. The Balaban J connectivity index is 2.20. The Morgan fingerprint density at radius 3 is 2.57 bits per heavy atom. The van der Waals surface area contributed by atoms with Crippen molar-refractivity contribution in [2.45, 2.75) is 51.6 Å². The number of rotatable bonds is 2. The van der Waals surface area contributed by atoms with E-state index in [0.717, 1.165) is 24.8 Å². The number of carbonyl (C=O) groups excluding carboxylic acids is 1. The summed E-state index contributed by atoms with van der Waals surface area (Å²) in [4.78, 5) is 25.5. The van der Waals surface area contributed by atoms with Crippen molar-refractivity contribution in [1.82, 2.24) is 4.90 Å². The zero-order valence-corrected chi connectivity index (χ0v) is 14.0. The Kier molecular flexibility index (Phi) is 5.29. The maximum Gasteiger partial charge on any atom is 0.410 e. The number of aromatic carboxylic acids is 1. The molecule has 1 aromatic carbocycles. The van der Waals surface area contributed by atoms with Crippen LogP contribution in [0.25, 0.3) is 0 Å². The molecule has 0 aromatic heterocycles. The van der Waals surface area contributed by atoms with Gasteiger partial charge >= 0.3 is 12.1 Å². The summed E-state index contributed by atoms with van der Waals surface area (Å²) in [5.41, 5.74) is 0.594. The maximum absolute atomic E-state index is 12.3. The van der Waals surface area contributed by atoms with Gasteiger partial charge in [-0.1, -0.05) is 24.6 Å². The van der Waals surface area contributed by atoms with Gasteiger partial charge in [-0.2, -0.15) is 0 Å². The summed E-state index contributed by atoms with van der Waals surface area (Å²) < 4.78 is 5.47. The molecule has 126 valence electrons. The van der Waals surface area contributed by atoms with Crippen molar-refractivity contribution < 1.29 is 19.4 Å². The maximum atomic E-state index is 12.3. The third-order valence-corrected chi connectivity index (χ3v) is 3.95. The lowest BCUT2D eigenvalue weighted by molar-refractivity contribution is 0.0249. The van der Waals surface area contributed by atoms with E-state index in [2.05, 4.69) is 0 Å². The Labute approximate surface area is 137 Å². The highest BCUT2D eigenvalue weighted by Gasteiger charge is 2.28. The van der Waals surface area contributed by atoms with E-state index < -0.39 is 11.6 Å². The second-order valence-corrected chi connectivity index (χ2v) is 7.01. The van der Waals surface area contributed by atoms with Gasteiger partial charge in [0.25, 0.3) is 0 Å². The minimum atomic E-state index is -0.923. The minimum Gasteiger partial charge on any atom is -0.478 e. The molecule has 1 fully saturated rings. The SMILES string of the molecule is CC(C)(C)OC(=O)N1CCCC[C@@H](c2ccccc2C(=O)O)C1. The van der Waals surface area contributed by atoms with Crippen molar-refractivity contribution in [1.29, 1.82) is 0 Å². The highest BCUT2D eigenvalue weighted by Crippen LogP contribution is 2.29. The predicted octanol–water partition coefficient (Wildman–Crippen LogP) is 3.89. The van der Waals surface area contributed by atoms with Crippen molar-refractivity contribution >= 4 is 12.1 Å². The number of amides is 1. The third kappa shape index (κ3) is 4.71. The molecule has 2 rings (SSSR count). The number of carboxylic acids is 1. The molecule has 0 unspecified atom stereocenters. The summed E-state index contributed by atoms with van der Waals surface area (Å²) in [7, 11) is 0. The molecule has 1 aromatic rings. The molecule has 0 radical (unpaired) electrons. The minimum absolute atomic E-state index is 0.0253. The van der Waals surface area contributed by atoms with Crippen LogP contribution in [0.1, 0.15) is 61.9 Å². The second kappa shape index (κ2) is 7.02. The van der Waals surface area contributed by atoms with E-state index in [-0.39, 0.29) is 12.0 Å². The van der Waals surface area contributed by atoms with E-state index >= 15 is 0 Å². The van der Waals surface area contributed by atoms with Gasteiger partial charge in [0.2, 0.25) is 0 Å². The summed E-state index contributed by atoms with van der Waals surface area (Å²) in [6.07, 6.45) is 2.43. The monoisotopic (exact) mass is 319 g/mol.